The van der Waals surface area contributed by atoms with E-state index in [1.807, 2.05) is 30.3 Å². The first-order valence-corrected chi connectivity index (χ1v) is 12.7. The highest BCUT2D eigenvalue weighted by Crippen LogP contribution is 2.26. The number of aromatic nitrogens is 2. The van der Waals surface area contributed by atoms with Crippen LogP contribution < -0.4 is 15.0 Å². The van der Waals surface area contributed by atoms with E-state index in [0.29, 0.717) is 18.9 Å². The predicted octanol–water partition coefficient (Wildman–Crippen LogP) is 5.08. The summed E-state index contributed by atoms with van der Waals surface area (Å²) in [4.78, 5) is 19.7. The Balaban J connectivity index is 1.24. The van der Waals surface area contributed by atoms with Gasteiger partial charge < -0.3 is 15.0 Å². The Morgan fingerprint density at radius 1 is 1.15 bits per heavy atom. The number of amides is 1. The van der Waals surface area contributed by atoms with Crippen LogP contribution in [-0.2, 0) is 11.8 Å². The van der Waals surface area contributed by atoms with Gasteiger partial charge in [-0.1, -0.05) is 45.0 Å². The quantitative estimate of drug-likeness (QED) is 0.513. The number of benzene rings is 2. The summed E-state index contributed by atoms with van der Waals surface area (Å²) in [5, 5.41) is 4.11. The van der Waals surface area contributed by atoms with Crippen molar-refractivity contribution < 1.29 is 9.53 Å². The molecule has 0 spiro atoms. The lowest BCUT2D eigenvalue weighted by atomic mass is 9.86. The molecule has 3 aromatic rings. The van der Waals surface area contributed by atoms with E-state index in [1.54, 1.807) is 7.11 Å². The van der Waals surface area contributed by atoms with Gasteiger partial charge in [-0.05, 0) is 59.6 Å². The highest BCUT2D eigenvalue weighted by atomic mass is 32.1. The number of rotatable bonds is 7. The van der Waals surface area contributed by atoms with Crippen LogP contribution in [0.1, 0.15) is 60.9 Å². The smallest absolute Gasteiger partial charge is 0.251 e. The molecule has 7 heteroatoms. The SMILES string of the molecule is COc1cccc(Cc2nsc(N3CCC(CNC(=O)c4ccc(C(C)(C)C)cc4)CC3)n2)c1. The first-order valence-electron chi connectivity index (χ1n) is 11.9. The number of hydrogen-bond acceptors (Lipinski definition) is 6. The molecule has 180 valence electrons. The van der Waals surface area contributed by atoms with Crippen molar-refractivity contribution in [1.82, 2.24) is 14.7 Å². The number of nitrogens with zero attached hydrogens (tertiary/aromatic N) is 3. The van der Waals surface area contributed by atoms with E-state index in [0.717, 1.165) is 53.8 Å². The molecule has 1 amide bonds. The maximum Gasteiger partial charge on any atom is 0.251 e. The molecule has 1 aromatic heterocycles. The number of nitrogens with one attached hydrogen (secondary N) is 1. The molecule has 0 radical (unpaired) electrons. The lowest BCUT2D eigenvalue weighted by Crippen LogP contribution is -2.38. The average molecular weight is 479 g/mol. The number of carbonyl (C=O) groups excluding carboxylic acids is 1. The average Bonchev–Trinajstić information content (AvgIpc) is 3.31. The van der Waals surface area contributed by atoms with Gasteiger partial charge in [-0.25, -0.2) is 4.98 Å². The van der Waals surface area contributed by atoms with Gasteiger partial charge in [0.05, 0.1) is 7.11 Å². The first-order chi connectivity index (χ1) is 16.3. The third-order valence-corrected chi connectivity index (χ3v) is 7.22. The summed E-state index contributed by atoms with van der Waals surface area (Å²) in [6.45, 7) is 9.13. The molecule has 0 bridgehead atoms. The summed E-state index contributed by atoms with van der Waals surface area (Å²) in [5.41, 5.74) is 3.19. The maximum absolute atomic E-state index is 12.6. The van der Waals surface area contributed by atoms with Crippen LogP contribution >= 0.6 is 11.5 Å². The van der Waals surface area contributed by atoms with Gasteiger partial charge in [-0.3, -0.25) is 4.79 Å². The molecule has 0 atom stereocenters. The third kappa shape index (κ3) is 6.14. The lowest BCUT2D eigenvalue weighted by Gasteiger charge is -2.31. The fourth-order valence-electron chi connectivity index (χ4n) is 4.20. The van der Waals surface area contributed by atoms with Crippen molar-refractivity contribution in [2.45, 2.75) is 45.4 Å². The Morgan fingerprint density at radius 3 is 2.56 bits per heavy atom. The lowest BCUT2D eigenvalue weighted by molar-refractivity contribution is 0.0945. The minimum Gasteiger partial charge on any atom is -0.497 e. The molecule has 1 N–H and O–H groups in total. The van der Waals surface area contributed by atoms with Crippen molar-refractivity contribution in [3.8, 4) is 5.75 Å². The number of carbonyl (C=O) groups is 1. The molecule has 0 aliphatic carbocycles. The number of piperidine rings is 1. The Kier molecular flexibility index (Phi) is 7.51. The molecular formula is C27H34N4O2S. The van der Waals surface area contributed by atoms with E-state index in [-0.39, 0.29) is 11.3 Å². The molecule has 0 unspecified atom stereocenters. The highest BCUT2D eigenvalue weighted by Gasteiger charge is 2.23. The van der Waals surface area contributed by atoms with Gasteiger partial charge in [-0.2, -0.15) is 4.37 Å². The fraction of sp³-hybridized carbons (Fsp3) is 0.444. The van der Waals surface area contributed by atoms with Crippen molar-refractivity contribution in [2.24, 2.45) is 5.92 Å². The van der Waals surface area contributed by atoms with Gasteiger partial charge in [0, 0.05) is 43.2 Å². The second-order valence-corrected chi connectivity index (χ2v) is 10.7. The molecule has 0 saturated carbocycles. The summed E-state index contributed by atoms with van der Waals surface area (Å²) in [6.07, 6.45) is 2.77. The molecule has 34 heavy (non-hydrogen) atoms. The van der Waals surface area contributed by atoms with Crippen molar-refractivity contribution in [2.75, 3.05) is 31.6 Å². The summed E-state index contributed by atoms with van der Waals surface area (Å²) in [5.74, 6) is 2.19. The van der Waals surface area contributed by atoms with Crippen molar-refractivity contribution in [1.29, 1.82) is 0 Å². The van der Waals surface area contributed by atoms with E-state index < -0.39 is 0 Å². The normalized spacial score (nSPS) is 14.8. The molecule has 6 nitrogen and oxygen atoms in total. The van der Waals surface area contributed by atoms with Gasteiger partial charge in [0.2, 0.25) is 5.13 Å². The van der Waals surface area contributed by atoms with Crippen LogP contribution in [0.15, 0.2) is 48.5 Å². The highest BCUT2D eigenvalue weighted by molar-refractivity contribution is 7.09. The number of anilines is 1. The second kappa shape index (κ2) is 10.6. The van der Waals surface area contributed by atoms with Crippen LogP contribution in [0.3, 0.4) is 0 Å². The van der Waals surface area contributed by atoms with Gasteiger partial charge in [0.1, 0.15) is 11.6 Å². The van der Waals surface area contributed by atoms with Crippen molar-refractivity contribution in [3.05, 3.63) is 71.0 Å². The molecular weight excluding hydrogens is 444 g/mol. The van der Waals surface area contributed by atoms with E-state index in [9.17, 15) is 4.79 Å². The van der Waals surface area contributed by atoms with Crippen LogP contribution in [0.25, 0.3) is 0 Å². The molecule has 2 heterocycles. The Bertz CT molecular complexity index is 1100. The zero-order chi connectivity index (χ0) is 24.1. The number of ether oxygens (including phenoxy) is 1. The first kappa shape index (κ1) is 24.2. The van der Waals surface area contributed by atoms with Gasteiger partial charge in [0.15, 0.2) is 0 Å². The largest absolute Gasteiger partial charge is 0.497 e. The third-order valence-electron chi connectivity index (χ3n) is 6.40. The molecule has 4 rings (SSSR count). The van der Waals surface area contributed by atoms with E-state index in [2.05, 4.69) is 53.6 Å². The Morgan fingerprint density at radius 2 is 1.88 bits per heavy atom. The fourth-order valence-corrected chi connectivity index (χ4v) is 4.94. The summed E-state index contributed by atoms with van der Waals surface area (Å²) in [6, 6.07) is 16.0. The van der Waals surface area contributed by atoms with E-state index in [4.69, 9.17) is 9.72 Å². The zero-order valence-electron chi connectivity index (χ0n) is 20.5. The number of hydrogen-bond donors (Lipinski definition) is 1. The Hall–Kier alpha value is -2.93. The van der Waals surface area contributed by atoms with E-state index in [1.165, 1.54) is 17.1 Å². The summed E-state index contributed by atoms with van der Waals surface area (Å²) < 4.78 is 9.87. The molecule has 2 aromatic carbocycles. The molecule has 1 saturated heterocycles. The van der Waals surface area contributed by atoms with Gasteiger partial charge in [-0.15, -0.1) is 0 Å². The van der Waals surface area contributed by atoms with Gasteiger partial charge >= 0.3 is 0 Å². The minimum atomic E-state index is 0.00852. The Labute approximate surface area is 206 Å². The van der Waals surface area contributed by atoms with E-state index >= 15 is 0 Å². The summed E-state index contributed by atoms with van der Waals surface area (Å²) in [7, 11) is 1.68. The van der Waals surface area contributed by atoms with Crippen LogP contribution in [0.4, 0.5) is 5.13 Å². The molecule has 1 aliphatic rings. The van der Waals surface area contributed by atoms with Crippen LogP contribution in [0.5, 0.6) is 5.75 Å². The van der Waals surface area contributed by atoms with Crippen LogP contribution in [0.2, 0.25) is 0 Å². The van der Waals surface area contributed by atoms with Crippen LogP contribution in [-0.4, -0.2) is 42.0 Å². The second-order valence-electron chi connectivity index (χ2n) is 9.99. The van der Waals surface area contributed by atoms with Gasteiger partial charge in [0.25, 0.3) is 5.91 Å². The summed E-state index contributed by atoms with van der Waals surface area (Å²) >= 11 is 1.47. The number of methoxy groups -OCH3 is 1. The maximum atomic E-state index is 12.6. The molecule has 1 aliphatic heterocycles. The monoisotopic (exact) mass is 478 g/mol. The molecule has 1 fully saturated rings. The standard InChI is InChI=1S/C27H34N4O2S/c1-27(2,3)22-10-8-21(9-11-22)25(32)28-18-19-12-14-31(15-13-19)26-29-24(30-34-26)17-20-6-5-7-23(16-20)33-4/h5-11,16,19H,12-15,17-18H2,1-4H3,(H,28,32). The topological polar surface area (TPSA) is 67.3 Å². The van der Waals surface area contributed by atoms with Crippen LogP contribution in [0, 0.1) is 5.92 Å². The zero-order valence-corrected chi connectivity index (χ0v) is 21.3. The minimum absolute atomic E-state index is 0.00852. The van der Waals surface area contributed by atoms with Crippen molar-refractivity contribution >= 4 is 22.6 Å². The predicted molar refractivity (Wildman–Crippen MR) is 138 cm³/mol. The van der Waals surface area contributed by atoms with Crippen molar-refractivity contribution in [3.63, 3.8) is 0 Å².